The molecular formula is C33H46N2O3. The van der Waals surface area contributed by atoms with Crippen LogP contribution in [-0.2, 0) is 14.4 Å². The van der Waals surface area contributed by atoms with E-state index in [1.165, 1.54) is 0 Å². The highest BCUT2D eigenvalue weighted by Gasteiger charge is 2.70. The van der Waals surface area contributed by atoms with Crippen molar-refractivity contribution in [1.29, 1.82) is 5.26 Å². The molecule has 5 aliphatic rings. The second kappa shape index (κ2) is 8.15. The lowest BCUT2D eigenvalue weighted by molar-refractivity contribution is -0.164. The van der Waals surface area contributed by atoms with Crippen molar-refractivity contribution >= 4 is 17.5 Å². The van der Waals surface area contributed by atoms with Gasteiger partial charge in [-0.05, 0) is 79.1 Å². The molecule has 0 aromatic rings. The Morgan fingerprint density at radius 2 is 1.68 bits per heavy atom. The summed E-state index contributed by atoms with van der Waals surface area (Å²) in [7, 11) is 0. The fourth-order valence-corrected chi connectivity index (χ4v) is 10.2. The molecule has 5 nitrogen and oxygen atoms in total. The number of hydrogen-bond donors (Lipinski definition) is 1. The van der Waals surface area contributed by atoms with Crippen molar-refractivity contribution in [3.05, 3.63) is 23.3 Å². The first-order chi connectivity index (χ1) is 17.5. The van der Waals surface area contributed by atoms with E-state index in [1.54, 1.807) is 0 Å². The third-order valence-electron chi connectivity index (χ3n) is 12.6. The van der Waals surface area contributed by atoms with E-state index in [9.17, 15) is 19.6 Å². The Morgan fingerprint density at radius 3 is 2.32 bits per heavy atom. The molecular weight excluding hydrogens is 472 g/mol. The van der Waals surface area contributed by atoms with Crippen LogP contribution in [-0.4, -0.2) is 23.0 Å². The van der Waals surface area contributed by atoms with Gasteiger partial charge in [0, 0.05) is 28.7 Å². The van der Waals surface area contributed by atoms with Gasteiger partial charge in [0.25, 0.3) is 0 Å². The summed E-state index contributed by atoms with van der Waals surface area (Å²) < 4.78 is 0. The Balaban J connectivity index is 1.68. The second-order valence-corrected chi connectivity index (χ2v) is 15.3. The quantitative estimate of drug-likeness (QED) is 0.453. The van der Waals surface area contributed by atoms with Crippen LogP contribution in [0.4, 0.5) is 0 Å². The van der Waals surface area contributed by atoms with Crippen LogP contribution >= 0.6 is 0 Å². The van der Waals surface area contributed by atoms with E-state index in [2.05, 4.69) is 46.0 Å². The molecule has 0 saturated heterocycles. The summed E-state index contributed by atoms with van der Waals surface area (Å²) in [6.45, 7) is 17.3. The standard InChI is InChI=1S/C33H46N2O3/c1-9-25(37)35-33-14-12-28(2,3)18-21(33)26-22(36)16-24-30(6)17-20(19-34)27(38)29(4,5)23(30)10-11-31(24,7)32(26,8)13-15-33/h16-17,21,23,26H,9-15,18H2,1-8H3,(H,35,37)/t21?,23-,26?,30-,31+,32+,33-/m0/s1. The molecule has 3 saturated carbocycles. The van der Waals surface area contributed by atoms with Crippen LogP contribution in [0, 0.1) is 56.2 Å². The average molecular weight is 519 g/mol. The van der Waals surface area contributed by atoms with E-state index in [4.69, 9.17) is 0 Å². The summed E-state index contributed by atoms with van der Waals surface area (Å²) >= 11 is 0. The molecule has 1 N–H and O–H groups in total. The van der Waals surface area contributed by atoms with Gasteiger partial charge in [-0.15, -0.1) is 0 Å². The molecule has 0 heterocycles. The molecule has 5 heteroatoms. The largest absolute Gasteiger partial charge is 0.350 e. The Labute approximate surface area is 228 Å². The van der Waals surface area contributed by atoms with Gasteiger partial charge in [-0.1, -0.05) is 67.0 Å². The maximum absolute atomic E-state index is 14.4. The van der Waals surface area contributed by atoms with Crippen molar-refractivity contribution in [2.45, 2.75) is 112 Å². The number of rotatable bonds is 2. The first kappa shape index (κ1) is 27.4. The van der Waals surface area contributed by atoms with Gasteiger partial charge in [0.15, 0.2) is 11.6 Å². The number of carbonyl (C=O) groups excluding carboxylic acids is 3. The van der Waals surface area contributed by atoms with Gasteiger partial charge >= 0.3 is 0 Å². The molecule has 0 bridgehead atoms. The summed E-state index contributed by atoms with van der Waals surface area (Å²) in [5.74, 6) is 0.187. The zero-order chi connectivity index (χ0) is 28.1. The summed E-state index contributed by atoms with van der Waals surface area (Å²) in [6, 6.07) is 2.19. The lowest BCUT2D eigenvalue weighted by Gasteiger charge is -2.69. The number of carbonyl (C=O) groups is 3. The highest BCUT2D eigenvalue weighted by Crippen LogP contribution is 2.73. The minimum Gasteiger partial charge on any atom is -0.350 e. The molecule has 2 unspecified atom stereocenters. The zero-order valence-electron chi connectivity index (χ0n) is 24.7. The van der Waals surface area contributed by atoms with Gasteiger partial charge < -0.3 is 5.32 Å². The number of nitrogens with zero attached hydrogens (tertiary/aromatic N) is 1. The van der Waals surface area contributed by atoms with E-state index in [0.717, 1.165) is 50.5 Å². The van der Waals surface area contributed by atoms with Gasteiger partial charge in [0.05, 0.1) is 5.57 Å². The van der Waals surface area contributed by atoms with Gasteiger partial charge in [-0.25, -0.2) is 0 Å². The Hall–Kier alpha value is -2.22. The maximum Gasteiger partial charge on any atom is 0.220 e. The minimum atomic E-state index is -0.656. The summed E-state index contributed by atoms with van der Waals surface area (Å²) in [6.07, 6.45) is 10.8. The molecule has 3 fully saturated rings. The molecule has 1 amide bonds. The predicted octanol–water partition coefficient (Wildman–Crippen LogP) is 6.48. The van der Waals surface area contributed by atoms with Gasteiger partial charge in [-0.2, -0.15) is 5.26 Å². The van der Waals surface area contributed by atoms with Crippen molar-refractivity contribution in [2.75, 3.05) is 0 Å². The van der Waals surface area contributed by atoms with E-state index in [0.29, 0.717) is 6.42 Å². The van der Waals surface area contributed by atoms with E-state index < -0.39 is 10.8 Å². The van der Waals surface area contributed by atoms with Gasteiger partial charge in [-0.3, -0.25) is 14.4 Å². The van der Waals surface area contributed by atoms with Gasteiger partial charge in [0.2, 0.25) is 5.91 Å². The predicted molar refractivity (Wildman–Crippen MR) is 148 cm³/mol. The van der Waals surface area contributed by atoms with E-state index >= 15 is 0 Å². The second-order valence-electron chi connectivity index (χ2n) is 15.3. The normalized spacial score (nSPS) is 44.8. The van der Waals surface area contributed by atoms with Crippen LogP contribution < -0.4 is 5.32 Å². The number of amides is 1. The molecule has 0 radical (unpaired) electrons. The van der Waals surface area contributed by atoms with Crippen LogP contribution in [0.3, 0.4) is 0 Å². The number of ketones is 2. The molecule has 0 aromatic carbocycles. The number of Topliss-reactive ketones (excluding diaryl/α,β-unsaturated/α-hetero) is 1. The number of allylic oxidation sites excluding steroid dienone is 4. The number of fused-ring (bicyclic) bond motifs is 7. The molecule has 38 heavy (non-hydrogen) atoms. The van der Waals surface area contributed by atoms with Crippen molar-refractivity contribution < 1.29 is 14.4 Å². The molecule has 0 aliphatic heterocycles. The number of nitrogens with one attached hydrogen (secondary N) is 1. The average Bonchev–Trinajstić information content (AvgIpc) is 2.83. The summed E-state index contributed by atoms with van der Waals surface area (Å²) in [5, 5.41) is 13.4. The van der Waals surface area contributed by atoms with Crippen LogP contribution in [0.1, 0.15) is 107 Å². The highest BCUT2D eigenvalue weighted by atomic mass is 16.2. The monoisotopic (exact) mass is 518 g/mol. The summed E-state index contributed by atoms with van der Waals surface area (Å²) in [4.78, 5) is 40.5. The van der Waals surface area contributed by atoms with Crippen LogP contribution in [0.2, 0.25) is 0 Å². The molecule has 5 rings (SSSR count). The summed E-state index contributed by atoms with van der Waals surface area (Å²) in [5.41, 5.74) is -0.502. The third kappa shape index (κ3) is 3.37. The third-order valence-corrected chi connectivity index (χ3v) is 12.6. The molecule has 206 valence electrons. The Morgan fingerprint density at radius 1 is 1.03 bits per heavy atom. The lowest BCUT2D eigenvalue weighted by atomic mass is 9.35. The van der Waals surface area contributed by atoms with E-state index in [-0.39, 0.29) is 62.6 Å². The van der Waals surface area contributed by atoms with Crippen molar-refractivity contribution in [3.8, 4) is 6.07 Å². The topological polar surface area (TPSA) is 87.0 Å². The zero-order valence-corrected chi connectivity index (χ0v) is 24.7. The minimum absolute atomic E-state index is 0.0482. The van der Waals surface area contributed by atoms with Crippen LogP contribution in [0.25, 0.3) is 0 Å². The molecule has 0 aromatic heterocycles. The first-order valence-corrected chi connectivity index (χ1v) is 14.8. The Bertz CT molecular complexity index is 1220. The molecule has 5 aliphatic carbocycles. The highest BCUT2D eigenvalue weighted by molar-refractivity contribution is 6.04. The van der Waals surface area contributed by atoms with Crippen molar-refractivity contribution in [3.63, 3.8) is 0 Å². The SMILES string of the molecule is CCC(=O)N[C@]12CCC(C)(C)CC1C1C(=O)C=C3[C@@]4(C)C=C(C#N)C(=O)C(C)(C)[C@@H]4CC[C@@]3(C)[C@]1(C)CC2. The Kier molecular flexibility index (Phi) is 5.87. The fraction of sp³-hybridized carbons (Fsp3) is 0.758. The fourth-order valence-electron chi connectivity index (χ4n) is 10.2. The maximum atomic E-state index is 14.4. The molecule has 7 atom stereocenters. The number of nitriles is 1. The van der Waals surface area contributed by atoms with Crippen molar-refractivity contribution in [1.82, 2.24) is 5.32 Å². The lowest BCUT2D eigenvalue weighted by Crippen LogP contribution is -2.69. The molecule has 0 spiro atoms. The van der Waals surface area contributed by atoms with Crippen molar-refractivity contribution in [2.24, 2.45) is 44.8 Å². The number of hydrogen-bond acceptors (Lipinski definition) is 4. The smallest absolute Gasteiger partial charge is 0.220 e. The van der Waals surface area contributed by atoms with E-state index in [1.807, 2.05) is 32.9 Å². The van der Waals surface area contributed by atoms with Crippen LogP contribution in [0.5, 0.6) is 0 Å². The van der Waals surface area contributed by atoms with Crippen LogP contribution in [0.15, 0.2) is 23.3 Å². The first-order valence-electron chi connectivity index (χ1n) is 14.8. The van der Waals surface area contributed by atoms with Gasteiger partial charge in [0.1, 0.15) is 6.07 Å².